The Balaban J connectivity index is 1.58. The minimum absolute atomic E-state index is 0.000517. The highest BCUT2D eigenvalue weighted by atomic mass is 35.5. The topological polar surface area (TPSA) is 38.8 Å². The maximum Gasteiger partial charge on any atom is 0.226 e. The molecule has 0 radical (unpaired) electrons. The summed E-state index contributed by atoms with van der Waals surface area (Å²) in [5.41, 5.74) is 0.831. The van der Waals surface area contributed by atoms with Crippen molar-refractivity contribution in [3.8, 4) is 11.5 Å². The van der Waals surface area contributed by atoms with Gasteiger partial charge in [-0.15, -0.1) is 0 Å². The van der Waals surface area contributed by atoms with Gasteiger partial charge in [0.25, 0.3) is 0 Å². The number of likely N-dealkylation sites (N-methyl/N-ethyl adjacent to an activating group) is 1. The third-order valence-corrected chi connectivity index (χ3v) is 4.14. The predicted molar refractivity (Wildman–Crippen MR) is 89.1 cm³/mol. The number of para-hydroxylation sites is 2. The number of hydrogen-bond acceptors (Lipinski definition) is 3. The van der Waals surface area contributed by atoms with Crippen LogP contribution >= 0.6 is 11.6 Å². The molecule has 3 rings (SSSR count). The molecule has 0 spiro atoms. The van der Waals surface area contributed by atoms with Crippen LogP contribution in [0.4, 0.5) is 0 Å². The molecular formula is C18H18ClNO3. The number of nitrogens with zero attached hydrogens (tertiary/aromatic N) is 1. The van der Waals surface area contributed by atoms with E-state index in [9.17, 15) is 4.79 Å². The van der Waals surface area contributed by atoms with Gasteiger partial charge in [0.2, 0.25) is 5.91 Å². The van der Waals surface area contributed by atoms with Gasteiger partial charge >= 0.3 is 0 Å². The second-order valence-electron chi connectivity index (χ2n) is 5.54. The maximum absolute atomic E-state index is 12.4. The normalized spacial score (nSPS) is 16.0. The van der Waals surface area contributed by atoms with Gasteiger partial charge in [-0.3, -0.25) is 4.79 Å². The second kappa shape index (κ2) is 6.92. The van der Waals surface area contributed by atoms with Gasteiger partial charge in [-0.1, -0.05) is 41.9 Å². The first kappa shape index (κ1) is 15.7. The Morgan fingerprint density at radius 2 is 1.87 bits per heavy atom. The van der Waals surface area contributed by atoms with E-state index in [4.69, 9.17) is 21.1 Å². The number of benzene rings is 2. The first-order valence-corrected chi connectivity index (χ1v) is 7.87. The van der Waals surface area contributed by atoms with E-state index in [1.165, 1.54) is 0 Å². The lowest BCUT2D eigenvalue weighted by atomic mass is 10.1. The molecule has 0 saturated heterocycles. The highest BCUT2D eigenvalue weighted by molar-refractivity contribution is 6.31. The molecule has 0 fully saturated rings. The molecular weight excluding hydrogens is 314 g/mol. The molecule has 1 heterocycles. The van der Waals surface area contributed by atoms with Crippen molar-refractivity contribution in [2.45, 2.75) is 12.5 Å². The Bertz CT molecular complexity index is 704. The van der Waals surface area contributed by atoms with Crippen LogP contribution in [0.2, 0.25) is 5.02 Å². The quantitative estimate of drug-likeness (QED) is 0.863. The number of fused-ring (bicyclic) bond motifs is 1. The first-order chi connectivity index (χ1) is 11.1. The Morgan fingerprint density at radius 1 is 1.17 bits per heavy atom. The molecule has 0 N–H and O–H groups in total. The van der Waals surface area contributed by atoms with Gasteiger partial charge < -0.3 is 14.4 Å². The molecule has 2 aromatic rings. The fourth-order valence-corrected chi connectivity index (χ4v) is 2.70. The SMILES string of the molecule is CN(C[C@@H]1COc2ccccc2O1)C(=O)Cc1ccccc1Cl. The Morgan fingerprint density at radius 3 is 2.65 bits per heavy atom. The lowest BCUT2D eigenvalue weighted by Crippen LogP contribution is -2.42. The summed E-state index contributed by atoms with van der Waals surface area (Å²) in [6.45, 7) is 0.901. The number of ether oxygens (including phenoxy) is 2. The average Bonchev–Trinajstić information content (AvgIpc) is 2.56. The number of amides is 1. The number of carbonyl (C=O) groups excluding carboxylic acids is 1. The minimum Gasteiger partial charge on any atom is -0.486 e. The van der Waals surface area contributed by atoms with Crippen LogP contribution in [0.5, 0.6) is 11.5 Å². The van der Waals surface area contributed by atoms with E-state index in [1.807, 2.05) is 42.5 Å². The highest BCUT2D eigenvalue weighted by Gasteiger charge is 2.23. The smallest absolute Gasteiger partial charge is 0.226 e. The van der Waals surface area contributed by atoms with Crippen LogP contribution in [0.1, 0.15) is 5.56 Å². The van der Waals surface area contributed by atoms with Crippen LogP contribution in [0.3, 0.4) is 0 Å². The van der Waals surface area contributed by atoms with Crippen LogP contribution in [-0.4, -0.2) is 37.1 Å². The standard InChI is InChI=1S/C18H18ClNO3/c1-20(18(21)10-13-6-2-3-7-15(13)19)11-14-12-22-16-8-4-5-9-17(16)23-14/h2-9,14H,10-12H2,1H3/t14-/m1/s1. The highest BCUT2D eigenvalue weighted by Crippen LogP contribution is 2.31. The van der Waals surface area contributed by atoms with E-state index in [-0.39, 0.29) is 18.4 Å². The van der Waals surface area contributed by atoms with E-state index in [0.717, 1.165) is 17.1 Å². The zero-order chi connectivity index (χ0) is 16.2. The Kier molecular flexibility index (Phi) is 4.72. The Labute approximate surface area is 140 Å². The van der Waals surface area contributed by atoms with E-state index in [2.05, 4.69) is 0 Å². The van der Waals surface area contributed by atoms with Gasteiger partial charge in [0.15, 0.2) is 17.6 Å². The molecule has 0 saturated carbocycles. The van der Waals surface area contributed by atoms with Crippen LogP contribution in [0.15, 0.2) is 48.5 Å². The molecule has 4 nitrogen and oxygen atoms in total. The second-order valence-corrected chi connectivity index (χ2v) is 5.95. The molecule has 2 aromatic carbocycles. The lowest BCUT2D eigenvalue weighted by molar-refractivity contribution is -0.130. The van der Waals surface area contributed by atoms with Gasteiger partial charge in [-0.2, -0.15) is 0 Å². The first-order valence-electron chi connectivity index (χ1n) is 7.49. The van der Waals surface area contributed by atoms with Crippen molar-refractivity contribution >= 4 is 17.5 Å². The summed E-state index contributed by atoms with van der Waals surface area (Å²) in [7, 11) is 1.77. The summed E-state index contributed by atoms with van der Waals surface area (Å²) in [5, 5.41) is 0.612. The molecule has 0 aliphatic carbocycles. The monoisotopic (exact) mass is 331 g/mol. The molecule has 1 atom stereocenters. The number of halogens is 1. The third-order valence-electron chi connectivity index (χ3n) is 3.77. The zero-order valence-corrected chi connectivity index (χ0v) is 13.6. The van der Waals surface area contributed by atoms with Crippen LogP contribution in [0, 0.1) is 0 Å². The molecule has 1 amide bonds. The van der Waals surface area contributed by atoms with E-state index in [1.54, 1.807) is 18.0 Å². The van der Waals surface area contributed by atoms with Crippen molar-refractivity contribution in [3.05, 3.63) is 59.1 Å². The van der Waals surface area contributed by atoms with Crippen LogP contribution < -0.4 is 9.47 Å². The average molecular weight is 332 g/mol. The number of carbonyl (C=O) groups is 1. The molecule has 1 aliphatic heterocycles. The van der Waals surface area contributed by atoms with E-state index >= 15 is 0 Å². The van der Waals surface area contributed by atoms with Crippen molar-refractivity contribution in [3.63, 3.8) is 0 Å². The molecule has 0 unspecified atom stereocenters. The molecule has 120 valence electrons. The summed E-state index contributed by atoms with van der Waals surface area (Å²) in [5.74, 6) is 1.46. The van der Waals surface area contributed by atoms with E-state index < -0.39 is 0 Å². The van der Waals surface area contributed by atoms with Crippen LogP contribution in [-0.2, 0) is 11.2 Å². The third kappa shape index (κ3) is 3.77. The van der Waals surface area contributed by atoms with Gasteiger partial charge in [-0.25, -0.2) is 0 Å². The summed E-state index contributed by atoms with van der Waals surface area (Å²) in [6, 6.07) is 14.9. The molecule has 0 aromatic heterocycles. The molecule has 0 bridgehead atoms. The largest absolute Gasteiger partial charge is 0.486 e. The predicted octanol–water partition coefficient (Wildman–Crippen LogP) is 3.18. The van der Waals surface area contributed by atoms with Crippen molar-refractivity contribution in [2.24, 2.45) is 0 Å². The maximum atomic E-state index is 12.4. The summed E-state index contributed by atoms with van der Waals surface area (Å²) < 4.78 is 11.6. The van der Waals surface area contributed by atoms with Gasteiger partial charge in [0.05, 0.1) is 13.0 Å². The van der Waals surface area contributed by atoms with Gasteiger partial charge in [-0.05, 0) is 23.8 Å². The van der Waals surface area contributed by atoms with Crippen molar-refractivity contribution in [1.29, 1.82) is 0 Å². The number of rotatable bonds is 4. The van der Waals surface area contributed by atoms with Crippen LogP contribution in [0.25, 0.3) is 0 Å². The van der Waals surface area contributed by atoms with Gasteiger partial charge in [0.1, 0.15) is 6.61 Å². The molecule has 23 heavy (non-hydrogen) atoms. The summed E-state index contributed by atoms with van der Waals surface area (Å²) >= 11 is 6.11. The zero-order valence-electron chi connectivity index (χ0n) is 12.9. The summed E-state index contributed by atoms with van der Waals surface area (Å²) in [4.78, 5) is 14.0. The summed E-state index contributed by atoms with van der Waals surface area (Å²) in [6.07, 6.45) is 0.102. The van der Waals surface area contributed by atoms with Crippen molar-refractivity contribution < 1.29 is 14.3 Å². The molecule has 5 heteroatoms. The lowest BCUT2D eigenvalue weighted by Gasteiger charge is -2.29. The fraction of sp³-hybridized carbons (Fsp3) is 0.278. The van der Waals surface area contributed by atoms with Gasteiger partial charge in [0, 0.05) is 12.1 Å². The van der Waals surface area contributed by atoms with E-state index in [0.29, 0.717) is 18.2 Å². The minimum atomic E-state index is -0.176. The van der Waals surface area contributed by atoms with Crippen molar-refractivity contribution in [2.75, 3.05) is 20.2 Å². The number of hydrogen-bond donors (Lipinski definition) is 0. The molecule has 1 aliphatic rings. The Hall–Kier alpha value is -2.20. The van der Waals surface area contributed by atoms with Crippen molar-refractivity contribution in [1.82, 2.24) is 4.90 Å². The fourth-order valence-electron chi connectivity index (χ4n) is 2.50.